The number of phenols is 4. The first-order valence-electron chi connectivity index (χ1n) is 9.38. The molecule has 0 amide bonds. The van der Waals surface area contributed by atoms with Gasteiger partial charge in [0.2, 0.25) is 0 Å². The van der Waals surface area contributed by atoms with Crippen LogP contribution in [0.3, 0.4) is 0 Å². The van der Waals surface area contributed by atoms with E-state index in [0.29, 0.717) is 18.9 Å². The Morgan fingerprint density at radius 3 is 1.45 bits per heavy atom. The van der Waals surface area contributed by atoms with Crippen LogP contribution in [-0.4, -0.2) is 28.3 Å². The minimum atomic E-state index is -0.515. The fourth-order valence-corrected chi connectivity index (χ4v) is 8.54. The minimum Gasteiger partial charge on any atom is -0.505 e. The first-order valence-corrected chi connectivity index (χ1v) is 11.8. The summed E-state index contributed by atoms with van der Waals surface area (Å²) in [6, 6.07) is 0. The molecule has 0 aromatic heterocycles. The molecule has 2 aromatic carbocycles. The highest BCUT2D eigenvalue weighted by Crippen LogP contribution is 2.68. The topological polar surface area (TPSA) is 80.9 Å². The van der Waals surface area contributed by atoms with Gasteiger partial charge in [0.25, 0.3) is 0 Å². The molecule has 0 saturated carbocycles. The van der Waals surface area contributed by atoms with Crippen molar-refractivity contribution in [2.45, 2.75) is 56.8 Å². The maximum absolute atomic E-state index is 10.7. The van der Waals surface area contributed by atoms with E-state index in [1.807, 2.05) is 7.85 Å². The van der Waals surface area contributed by atoms with Gasteiger partial charge in [-0.15, -0.1) is 0 Å². The molecule has 0 heterocycles. The Hall–Kier alpha value is -0.855. The lowest BCUT2D eigenvalue weighted by Gasteiger charge is -2.31. The van der Waals surface area contributed by atoms with Crippen molar-refractivity contribution in [1.29, 1.82) is 0 Å². The molecule has 1 spiro atoms. The van der Waals surface area contributed by atoms with Gasteiger partial charge in [-0.1, -0.05) is 27.7 Å². The number of phenolic OH excluding ortho intramolecular Hbond substituents is 4. The number of hydrogen-bond donors (Lipinski definition) is 4. The molecule has 4 N–H and O–H groups in total. The molecular weight excluding hydrogens is 567 g/mol. The third-order valence-electron chi connectivity index (χ3n) is 6.76. The fourth-order valence-electron chi connectivity index (χ4n) is 6.09. The molecule has 0 saturated heterocycles. The van der Waals surface area contributed by atoms with Crippen molar-refractivity contribution in [1.82, 2.24) is 0 Å². The molecule has 2 aromatic rings. The smallest absolute Gasteiger partial charge is 0.173 e. The Labute approximate surface area is 196 Å². The van der Waals surface area contributed by atoms with Gasteiger partial charge in [-0.3, -0.25) is 0 Å². The molecule has 2 aliphatic rings. The molecule has 0 radical (unpaired) electrons. The van der Waals surface area contributed by atoms with Crippen molar-refractivity contribution in [3.05, 3.63) is 35.7 Å². The summed E-state index contributed by atoms with van der Waals surface area (Å²) in [4.78, 5) is 0. The van der Waals surface area contributed by atoms with E-state index >= 15 is 0 Å². The number of fused-ring (bicyclic) bond motifs is 4. The van der Waals surface area contributed by atoms with E-state index < -0.39 is 5.41 Å². The fraction of sp³-hybridized carbons (Fsp3) is 0.429. The van der Waals surface area contributed by atoms with Gasteiger partial charge < -0.3 is 20.4 Å². The van der Waals surface area contributed by atoms with Crippen molar-refractivity contribution < 1.29 is 20.4 Å². The van der Waals surface area contributed by atoms with Crippen LogP contribution in [0.25, 0.3) is 0 Å². The normalized spacial score (nSPS) is 23.4. The summed E-state index contributed by atoms with van der Waals surface area (Å²) >= 11 is 10.6. The molecule has 0 aliphatic heterocycles. The summed E-state index contributed by atoms with van der Waals surface area (Å²) in [6.45, 7) is 8.54. The molecule has 4 rings (SSSR count). The van der Waals surface area contributed by atoms with Crippen LogP contribution < -0.4 is 5.46 Å². The van der Waals surface area contributed by atoms with E-state index in [1.54, 1.807) is 0 Å². The zero-order valence-corrected chi connectivity index (χ0v) is 21.6. The Balaban J connectivity index is 2.23. The molecular formula is C21H22BBr3O4. The number of benzene rings is 2. The maximum Gasteiger partial charge on any atom is 0.173 e. The predicted octanol–water partition coefficient (Wildman–Crippen LogP) is 4.70. The quantitative estimate of drug-likeness (QED) is 0.266. The summed E-state index contributed by atoms with van der Waals surface area (Å²) in [5, 5.41) is 42.3. The second kappa shape index (κ2) is 6.10. The molecule has 4 nitrogen and oxygen atoms in total. The first-order chi connectivity index (χ1) is 13.2. The van der Waals surface area contributed by atoms with Crippen LogP contribution in [0, 0.1) is 0 Å². The monoisotopic (exact) mass is 586 g/mol. The minimum absolute atomic E-state index is 0.105. The van der Waals surface area contributed by atoms with Gasteiger partial charge in [0.05, 0.1) is 13.4 Å². The van der Waals surface area contributed by atoms with Crippen molar-refractivity contribution in [2.75, 3.05) is 0 Å². The summed E-state index contributed by atoms with van der Waals surface area (Å²) in [5.41, 5.74) is 3.40. The average Bonchev–Trinajstić information content (AvgIpc) is 2.99. The van der Waals surface area contributed by atoms with Gasteiger partial charge in [-0.05, 0) is 99.2 Å². The van der Waals surface area contributed by atoms with Crippen molar-refractivity contribution in [3.63, 3.8) is 0 Å². The highest BCUT2D eigenvalue weighted by atomic mass is 79.9. The van der Waals surface area contributed by atoms with Crippen LogP contribution in [0.2, 0.25) is 0 Å². The summed E-state index contributed by atoms with van der Waals surface area (Å²) < 4.78 is 1.46. The van der Waals surface area contributed by atoms with Crippen molar-refractivity contribution in [2.24, 2.45) is 0 Å². The Bertz CT molecular complexity index is 1020. The Kier molecular flexibility index (Phi) is 4.50. The van der Waals surface area contributed by atoms with E-state index in [4.69, 9.17) is 0 Å². The summed E-state index contributed by atoms with van der Waals surface area (Å²) in [6.07, 6.45) is 1.47. The lowest BCUT2D eigenvalue weighted by molar-refractivity contribution is 0.347. The van der Waals surface area contributed by atoms with E-state index in [2.05, 4.69) is 75.5 Å². The van der Waals surface area contributed by atoms with Crippen LogP contribution in [0.5, 0.6) is 23.0 Å². The molecule has 0 bridgehead atoms. The molecule has 154 valence electrons. The summed E-state index contributed by atoms with van der Waals surface area (Å²) in [5.74, 6) is -0.647. The van der Waals surface area contributed by atoms with Crippen LogP contribution >= 0.6 is 47.8 Å². The molecule has 0 fully saturated rings. The van der Waals surface area contributed by atoms with Crippen molar-refractivity contribution >= 4 is 61.1 Å². The number of halogens is 3. The highest BCUT2D eigenvalue weighted by Gasteiger charge is 2.60. The number of hydrogen-bond acceptors (Lipinski definition) is 4. The molecule has 1 unspecified atom stereocenters. The van der Waals surface area contributed by atoms with Gasteiger partial charge in [0.1, 0.15) is 7.85 Å². The third-order valence-corrected chi connectivity index (χ3v) is 9.08. The number of aromatic hydroxyl groups is 4. The van der Waals surface area contributed by atoms with Gasteiger partial charge in [-0.25, -0.2) is 0 Å². The number of rotatable bonds is 0. The molecule has 29 heavy (non-hydrogen) atoms. The zero-order valence-electron chi connectivity index (χ0n) is 16.8. The Morgan fingerprint density at radius 1 is 0.621 bits per heavy atom. The van der Waals surface area contributed by atoms with Gasteiger partial charge in [0, 0.05) is 5.41 Å². The second-order valence-electron chi connectivity index (χ2n) is 9.66. The average molecular weight is 589 g/mol. The van der Waals surface area contributed by atoms with E-state index in [9.17, 15) is 20.4 Å². The molecule has 1 atom stereocenters. The lowest BCUT2D eigenvalue weighted by atomic mass is 9.72. The van der Waals surface area contributed by atoms with Crippen LogP contribution in [0.4, 0.5) is 0 Å². The molecule has 2 aliphatic carbocycles. The van der Waals surface area contributed by atoms with Crippen molar-refractivity contribution in [3.8, 4) is 23.0 Å². The van der Waals surface area contributed by atoms with Gasteiger partial charge in [0.15, 0.2) is 23.0 Å². The van der Waals surface area contributed by atoms with Gasteiger partial charge in [-0.2, -0.15) is 0 Å². The van der Waals surface area contributed by atoms with Gasteiger partial charge >= 0.3 is 0 Å². The van der Waals surface area contributed by atoms with Crippen LogP contribution in [-0.2, 0) is 16.2 Å². The molecule has 8 heteroatoms. The SMILES string of the molecule is Bc1c(O)c(O)c(Br)c2c1C(C)(C)CC21CC(C)(C)c2c(Br)c(O)c(O)c(Br)c21. The maximum atomic E-state index is 10.7. The standard InChI is InChI=1S/C21H22BBr3O4/c1-19(2)5-21(9-7(19)11(22)15(26)16(27)13(9)24)6-20(3,4)8-10(21)14(25)18(29)17(28)12(8)23/h26-29H,5-6,22H2,1-4H3. The first kappa shape index (κ1) is 21.4. The van der Waals surface area contributed by atoms with Crippen LogP contribution in [0.15, 0.2) is 13.4 Å². The Morgan fingerprint density at radius 2 is 0.966 bits per heavy atom. The lowest BCUT2D eigenvalue weighted by Crippen LogP contribution is -2.27. The van der Waals surface area contributed by atoms with E-state index in [-0.39, 0.29) is 33.8 Å². The highest BCUT2D eigenvalue weighted by molar-refractivity contribution is 9.11. The zero-order chi connectivity index (χ0) is 21.8. The third kappa shape index (κ3) is 2.48. The second-order valence-corrected chi connectivity index (χ2v) is 12.0. The predicted molar refractivity (Wildman–Crippen MR) is 127 cm³/mol. The largest absolute Gasteiger partial charge is 0.505 e. The summed E-state index contributed by atoms with van der Waals surface area (Å²) in [7, 11) is 1.83. The van der Waals surface area contributed by atoms with Crippen LogP contribution in [0.1, 0.15) is 62.8 Å². The van der Waals surface area contributed by atoms with E-state index in [1.165, 1.54) is 0 Å². The van der Waals surface area contributed by atoms with E-state index in [0.717, 1.165) is 35.1 Å².